The number of hydrogen-bond acceptors (Lipinski definition) is 1. The first-order chi connectivity index (χ1) is 8.34. The molecule has 0 amide bonds. The molecule has 1 unspecified atom stereocenters. The van der Waals surface area contributed by atoms with E-state index in [1.165, 1.54) is 30.2 Å². The summed E-state index contributed by atoms with van der Waals surface area (Å²) in [7, 11) is 0. The summed E-state index contributed by atoms with van der Waals surface area (Å²) in [6.07, 6.45) is 6.89. The van der Waals surface area contributed by atoms with E-state index in [-0.39, 0.29) is 0 Å². The van der Waals surface area contributed by atoms with Gasteiger partial charge in [-0.15, -0.1) is 0 Å². The first-order valence-electron chi connectivity index (χ1n) is 6.32. The number of fused-ring (bicyclic) bond motifs is 1. The van der Waals surface area contributed by atoms with Gasteiger partial charge in [0, 0.05) is 23.1 Å². The van der Waals surface area contributed by atoms with Crippen LogP contribution in [0.25, 0.3) is 10.9 Å². The number of nitrogens with one attached hydrogen (secondary N) is 2. The van der Waals surface area contributed by atoms with Gasteiger partial charge in [-0.25, -0.2) is 0 Å². The highest BCUT2D eigenvalue weighted by molar-refractivity contribution is 6.35. The molecule has 0 spiro atoms. The van der Waals surface area contributed by atoms with Crippen LogP contribution in [0.2, 0.25) is 5.02 Å². The van der Waals surface area contributed by atoms with E-state index >= 15 is 0 Å². The highest BCUT2D eigenvalue weighted by Gasteiger charge is 2.15. The third-order valence-corrected chi connectivity index (χ3v) is 3.92. The SMILES string of the molecule is Clc1c[nH]c2cccc(CC3CCCCN3)c12. The number of piperidine rings is 1. The molecule has 1 aliphatic heterocycles. The van der Waals surface area contributed by atoms with E-state index in [4.69, 9.17) is 11.6 Å². The predicted octanol–water partition coefficient (Wildman–Crippen LogP) is 3.51. The molecule has 1 aromatic heterocycles. The second kappa shape index (κ2) is 4.71. The van der Waals surface area contributed by atoms with Gasteiger partial charge in [-0.3, -0.25) is 0 Å². The summed E-state index contributed by atoms with van der Waals surface area (Å²) in [6, 6.07) is 6.99. The summed E-state index contributed by atoms with van der Waals surface area (Å²) in [6.45, 7) is 1.15. The van der Waals surface area contributed by atoms with Gasteiger partial charge in [-0.2, -0.15) is 0 Å². The monoisotopic (exact) mass is 248 g/mol. The lowest BCUT2D eigenvalue weighted by molar-refractivity contribution is 0.400. The maximum Gasteiger partial charge on any atom is 0.0662 e. The van der Waals surface area contributed by atoms with Gasteiger partial charge in [0.2, 0.25) is 0 Å². The van der Waals surface area contributed by atoms with Crippen molar-refractivity contribution in [1.29, 1.82) is 0 Å². The number of H-pyrrole nitrogens is 1. The van der Waals surface area contributed by atoms with E-state index in [0.29, 0.717) is 6.04 Å². The molecule has 2 heterocycles. The van der Waals surface area contributed by atoms with Crippen LogP contribution in [0.3, 0.4) is 0 Å². The lowest BCUT2D eigenvalue weighted by Gasteiger charge is -2.23. The molecule has 0 saturated carbocycles. The number of aromatic nitrogens is 1. The maximum atomic E-state index is 6.24. The molecule has 2 nitrogen and oxygen atoms in total. The summed E-state index contributed by atoms with van der Waals surface area (Å²) < 4.78 is 0. The van der Waals surface area contributed by atoms with E-state index in [1.807, 2.05) is 6.20 Å². The summed E-state index contributed by atoms with van der Waals surface area (Å²) in [5.74, 6) is 0. The van der Waals surface area contributed by atoms with Crippen molar-refractivity contribution >= 4 is 22.5 Å². The molecule has 0 aliphatic carbocycles. The van der Waals surface area contributed by atoms with E-state index < -0.39 is 0 Å². The van der Waals surface area contributed by atoms with Crippen molar-refractivity contribution in [3.63, 3.8) is 0 Å². The Morgan fingerprint density at radius 2 is 2.24 bits per heavy atom. The fourth-order valence-electron chi connectivity index (χ4n) is 2.75. The molecule has 3 heteroatoms. The fourth-order valence-corrected chi connectivity index (χ4v) is 3.03. The molecule has 1 aliphatic rings. The van der Waals surface area contributed by atoms with Crippen LogP contribution in [0.15, 0.2) is 24.4 Å². The van der Waals surface area contributed by atoms with Gasteiger partial charge in [0.25, 0.3) is 0 Å². The van der Waals surface area contributed by atoms with Crippen molar-refractivity contribution < 1.29 is 0 Å². The molecule has 17 heavy (non-hydrogen) atoms. The second-order valence-electron chi connectivity index (χ2n) is 4.83. The molecule has 2 N–H and O–H groups in total. The van der Waals surface area contributed by atoms with Crippen molar-refractivity contribution in [2.45, 2.75) is 31.7 Å². The first kappa shape index (κ1) is 11.1. The first-order valence-corrected chi connectivity index (χ1v) is 6.70. The van der Waals surface area contributed by atoms with Crippen molar-refractivity contribution in [3.8, 4) is 0 Å². The van der Waals surface area contributed by atoms with E-state index in [0.717, 1.165) is 23.5 Å². The minimum atomic E-state index is 0.611. The quantitative estimate of drug-likeness (QED) is 0.837. The third kappa shape index (κ3) is 2.20. The highest BCUT2D eigenvalue weighted by Crippen LogP contribution is 2.28. The molecule has 1 atom stereocenters. The molecule has 1 aromatic carbocycles. The van der Waals surface area contributed by atoms with E-state index in [2.05, 4.69) is 28.5 Å². The summed E-state index contributed by atoms with van der Waals surface area (Å²) in [4.78, 5) is 3.21. The Kier molecular flexibility index (Phi) is 3.08. The molecule has 0 radical (unpaired) electrons. The number of benzene rings is 1. The smallest absolute Gasteiger partial charge is 0.0662 e. The highest BCUT2D eigenvalue weighted by atomic mass is 35.5. The van der Waals surface area contributed by atoms with Crippen molar-refractivity contribution in [3.05, 3.63) is 35.0 Å². The van der Waals surface area contributed by atoms with Crippen LogP contribution in [0.5, 0.6) is 0 Å². The molecule has 1 saturated heterocycles. The Balaban J connectivity index is 1.91. The Bertz CT molecular complexity index is 512. The molecule has 0 bridgehead atoms. The van der Waals surface area contributed by atoms with Gasteiger partial charge in [-0.1, -0.05) is 30.2 Å². The van der Waals surface area contributed by atoms with Crippen molar-refractivity contribution in [2.75, 3.05) is 6.54 Å². The van der Waals surface area contributed by atoms with Gasteiger partial charge in [0.05, 0.1) is 5.02 Å². The lowest BCUT2D eigenvalue weighted by atomic mass is 9.96. The summed E-state index contributed by atoms with van der Waals surface area (Å²) in [5.41, 5.74) is 2.50. The van der Waals surface area contributed by atoms with Gasteiger partial charge in [0.1, 0.15) is 0 Å². The normalized spacial score (nSPS) is 20.9. The minimum absolute atomic E-state index is 0.611. The number of halogens is 1. The van der Waals surface area contributed by atoms with E-state index in [9.17, 15) is 0 Å². The molecule has 90 valence electrons. The second-order valence-corrected chi connectivity index (χ2v) is 5.23. The largest absolute Gasteiger partial charge is 0.360 e. The Morgan fingerprint density at radius 1 is 1.29 bits per heavy atom. The minimum Gasteiger partial charge on any atom is -0.360 e. The predicted molar refractivity (Wildman–Crippen MR) is 72.7 cm³/mol. The molecular formula is C14H17ClN2. The van der Waals surface area contributed by atoms with Gasteiger partial charge in [-0.05, 0) is 37.4 Å². The Labute approximate surface area is 106 Å². The Morgan fingerprint density at radius 3 is 3.06 bits per heavy atom. The van der Waals surface area contributed by atoms with Crippen LogP contribution in [-0.2, 0) is 6.42 Å². The van der Waals surface area contributed by atoms with Gasteiger partial charge < -0.3 is 10.3 Å². The number of aromatic amines is 1. The Hall–Kier alpha value is -0.990. The number of hydrogen-bond donors (Lipinski definition) is 2. The zero-order valence-corrected chi connectivity index (χ0v) is 10.6. The van der Waals surface area contributed by atoms with Crippen LogP contribution in [0.1, 0.15) is 24.8 Å². The fraction of sp³-hybridized carbons (Fsp3) is 0.429. The van der Waals surface area contributed by atoms with Crippen LogP contribution in [-0.4, -0.2) is 17.6 Å². The zero-order valence-electron chi connectivity index (χ0n) is 9.80. The van der Waals surface area contributed by atoms with Gasteiger partial charge >= 0.3 is 0 Å². The average Bonchev–Trinajstić information content (AvgIpc) is 2.74. The van der Waals surface area contributed by atoms with Crippen molar-refractivity contribution in [1.82, 2.24) is 10.3 Å². The van der Waals surface area contributed by atoms with Crippen LogP contribution in [0, 0.1) is 0 Å². The van der Waals surface area contributed by atoms with Crippen LogP contribution >= 0.6 is 11.6 Å². The molecule has 1 fully saturated rings. The molecule has 3 rings (SSSR count). The van der Waals surface area contributed by atoms with E-state index in [1.54, 1.807) is 0 Å². The van der Waals surface area contributed by atoms with Crippen LogP contribution in [0.4, 0.5) is 0 Å². The van der Waals surface area contributed by atoms with Crippen molar-refractivity contribution in [2.24, 2.45) is 0 Å². The standard InChI is InChI=1S/C14H17ClN2/c15-12-9-17-13-6-3-4-10(14(12)13)8-11-5-1-2-7-16-11/h3-4,6,9,11,16-17H,1-2,5,7-8H2. The molecule has 2 aromatic rings. The summed E-state index contributed by atoms with van der Waals surface area (Å²) in [5, 5.41) is 5.63. The topological polar surface area (TPSA) is 27.8 Å². The lowest BCUT2D eigenvalue weighted by Crippen LogP contribution is -2.35. The molecular weight excluding hydrogens is 232 g/mol. The van der Waals surface area contributed by atoms with Gasteiger partial charge in [0.15, 0.2) is 0 Å². The zero-order chi connectivity index (χ0) is 11.7. The maximum absolute atomic E-state index is 6.24. The third-order valence-electron chi connectivity index (χ3n) is 3.62. The average molecular weight is 249 g/mol. The summed E-state index contributed by atoms with van der Waals surface area (Å²) >= 11 is 6.24. The number of rotatable bonds is 2. The van der Waals surface area contributed by atoms with Crippen LogP contribution < -0.4 is 5.32 Å².